The summed E-state index contributed by atoms with van der Waals surface area (Å²) in [4.78, 5) is 24.8. The first-order valence-corrected chi connectivity index (χ1v) is 8.42. The van der Waals surface area contributed by atoms with Crippen LogP contribution in [0.15, 0.2) is 54.6 Å². The van der Waals surface area contributed by atoms with Gasteiger partial charge in [-0.05, 0) is 38.0 Å². The summed E-state index contributed by atoms with van der Waals surface area (Å²) in [5, 5.41) is 4.89. The molecule has 7 heteroatoms. The number of amides is 2. The Kier molecular flexibility index (Phi) is 6.25. The van der Waals surface area contributed by atoms with Crippen LogP contribution in [0.4, 0.5) is 18.9 Å². The van der Waals surface area contributed by atoms with E-state index in [0.29, 0.717) is 13.0 Å². The first kappa shape index (κ1) is 20.5. The molecule has 0 atom stereocenters. The molecule has 2 aromatic carbocycles. The highest BCUT2D eigenvalue weighted by atomic mass is 19.4. The fraction of sp³-hybridized carbons (Fsp3) is 0.300. The molecular formula is C20H21F3N2O2. The Morgan fingerprint density at radius 1 is 0.889 bits per heavy atom. The van der Waals surface area contributed by atoms with Gasteiger partial charge in [0.05, 0.1) is 11.3 Å². The lowest BCUT2D eigenvalue weighted by molar-refractivity contribution is -0.138. The molecule has 144 valence electrons. The monoisotopic (exact) mass is 378 g/mol. The van der Waals surface area contributed by atoms with Crippen molar-refractivity contribution in [2.24, 2.45) is 5.41 Å². The van der Waals surface area contributed by atoms with Gasteiger partial charge < -0.3 is 10.6 Å². The highest BCUT2D eigenvalue weighted by Crippen LogP contribution is 2.35. The van der Waals surface area contributed by atoms with Crippen LogP contribution in [0.2, 0.25) is 0 Å². The summed E-state index contributed by atoms with van der Waals surface area (Å²) in [6.07, 6.45) is -4.02. The first-order valence-electron chi connectivity index (χ1n) is 8.42. The minimum absolute atomic E-state index is 0.318. The summed E-state index contributed by atoms with van der Waals surface area (Å²) in [6.45, 7) is 3.06. The number of anilines is 1. The van der Waals surface area contributed by atoms with Gasteiger partial charge in [-0.15, -0.1) is 0 Å². The molecule has 0 fully saturated rings. The summed E-state index contributed by atoms with van der Waals surface area (Å²) >= 11 is 0. The van der Waals surface area contributed by atoms with Crippen LogP contribution >= 0.6 is 0 Å². The number of benzene rings is 2. The zero-order chi connectivity index (χ0) is 20.1. The van der Waals surface area contributed by atoms with Crippen molar-refractivity contribution < 1.29 is 22.8 Å². The summed E-state index contributed by atoms with van der Waals surface area (Å²) < 4.78 is 39.2. The van der Waals surface area contributed by atoms with E-state index in [-0.39, 0.29) is 5.69 Å². The molecule has 0 aliphatic heterocycles. The highest BCUT2D eigenvalue weighted by Gasteiger charge is 2.38. The lowest BCUT2D eigenvalue weighted by Gasteiger charge is -2.24. The zero-order valence-electron chi connectivity index (χ0n) is 15.1. The van der Waals surface area contributed by atoms with Crippen molar-refractivity contribution in [2.75, 3.05) is 11.9 Å². The Balaban J connectivity index is 2.01. The third-order valence-electron chi connectivity index (χ3n) is 4.16. The van der Waals surface area contributed by atoms with E-state index in [2.05, 4.69) is 10.6 Å². The maximum Gasteiger partial charge on any atom is 0.418 e. The van der Waals surface area contributed by atoms with Crippen LogP contribution in [0, 0.1) is 5.41 Å². The second kappa shape index (κ2) is 8.24. The molecule has 0 aromatic heterocycles. The van der Waals surface area contributed by atoms with Crippen LogP contribution < -0.4 is 10.6 Å². The summed E-state index contributed by atoms with van der Waals surface area (Å²) in [5.74, 6) is -1.36. The Bertz CT molecular complexity index is 802. The van der Waals surface area contributed by atoms with Gasteiger partial charge in [0.1, 0.15) is 5.41 Å². The Labute approximate surface area is 155 Å². The zero-order valence-corrected chi connectivity index (χ0v) is 15.1. The predicted molar refractivity (Wildman–Crippen MR) is 97.0 cm³/mol. The standard InChI is InChI=1S/C20H21F3N2O2/c1-19(2,17(26)24-13-12-14-8-4-3-5-9-14)18(27)25-16-11-7-6-10-15(16)20(21,22)23/h3-11H,12-13H2,1-2H3,(H,24,26)(H,25,27). The molecule has 0 radical (unpaired) electrons. The van der Waals surface area contributed by atoms with Gasteiger partial charge in [0.25, 0.3) is 0 Å². The molecule has 0 saturated carbocycles. The molecule has 2 amide bonds. The average molecular weight is 378 g/mol. The second-order valence-corrected chi connectivity index (χ2v) is 6.61. The van der Waals surface area contributed by atoms with E-state index >= 15 is 0 Å². The van der Waals surface area contributed by atoms with Crippen molar-refractivity contribution in [3.05, 3.63) is 65.7 Å². The molecule has 2 rings (SSSR count). The third-order valence-corrected chi connectivity index (χ3v) is 4.16. The Morgan fingerprint density at radius 3 is 2.11 bits per heavy atom. The lowest BCUT2D eigenvalue weighted by Crippen LogP contribution is -2.45. The van der Waals surface area contributed by atoms with Crippen LogP contribution in [0.3, 0.4) is 0 Å². The molecule has 2 N–H and O–H groups in total. The number of carbonyl (C=O) groups excluding carboxylic acids is 2. The van der Waals surface area contributed by atoms with Crippen LogP contribution in [-0.2, 0) is 22.2 Å². The molecule has 0 aliphatic carbocycles. The van der Waals surface area contributed by atoms with Crippen LogP contribution in [-0.4, -0.2) is 18.4 Å². The molecule has 0 bridgehead atoms. The van der Waals surface area contributed by atoms with Gasteiger partial charge in [0, 0.05) is 6.54 Å². The maximum absolute atomic E-state index is 13.1. The van der Waals surface area contributed by atoms with Crippen molar-refractivity contribution in [3.63, 3.8) is 0 Å². The number of nitrogens with one attached hydrogen (secondary N) is 2. The number of hydrogen-bond acceptors (Lipinski definition) is 2. The van der Waals surface area contributed by atoms with Crippen LogP contribution in [0.5, 0.6) is 0 Å². The van der Waals surface area contributed by atoms with E-state index in [4.69, 9.17) is 0 Å². The maximum atomic E-state index is 13.1. The van der Waals surface area contributed by atoms with Gasteiger partial charge in [-0.3, -0.25) is 9.59 Å². The molecule has 0 aliphatic rings. The summed E-state index contributed by atoms with van der Waals surface area (Å²) in [6, 6.07) is 14.1. The number of hydrogen-bond donors (Lipinski definition) is 2. The number of rotatable bonds is 6. The van der Waals surface area contributed by atoms with Crippen LogP contribution in [0.1, 0.15) is 25.0 Å². The smallest absolute Gasteiger partial charge is 0.355 e. The van der Waals surface area contributed by atoms with Crippen molar-refractivity contribution in [3.8, 4) is 0 Å². The summed E-state index contributed by atoms with van der Waals surface area (Å²) in [7, 11) is 0. The second-order valence-electron chi connectivity index (χ2n) is 6.61. The Morgan fingerprint density at radius 2 is 1.48 bits per heavy atom. The van der Waals surface area contributed by atoms with Gasteiger partial charge in [-0.2, -0.15) is 13.2 Å². The first-order chi connectivity index (χ1) is 12.6. The van der Waals surface area contributed by atoms with Crippen molar-refractivity contribution in [2.45, 2.75) is 26.4 Å². The normalized spacial score (nSPS) is 11.7. The van der Waals surface area contributed by atoms with Gasteiger partial charge in [0.2, 0.25) is 11.8 Å². The Hall–Kier alpha value is -2.83. The van der Waals surface area contributed by atoms with Crippen molar-refractivity contribution in [1.29, 1.82) is 0 Å². The predicted octanol–water partition coefficient (Wildman–Crippen LogP) is 4.03. The van der Waals surface area contributed by atoms with Crippen molar-refractivity contribution >= 4 is 17.5 Å². The molecule has 4 nitrogen and oxygen atoms in total. The lowest BCUT2D eigenvalue weighted by atomic mass is 9.90. The highest BCUT2D eigenvalue weighted by molar-refractivity contribution is 6.10. The van der Waals surface area contributed by atoms with E-state index < -0.39 is 29.0 Å². The fourth-order valence-electron chi connectivity index (χ4n) is 2.41. The molecule has 2 aromatic rings. The SMILES string of the molecule is CC(C)(C(=O)NCCc1ccccc1)C(=O)Nc1ccccc1C(F)(F)F. The molecule has 0 saturated heterocycles. The number of para-hydroxylation sites is 1. The number of halogens is 3. The van der Waals surface area contributed by atoms with E-state index in [1.165, 1.54) is 26.0 Å². The fourth-order valence-corrected chi connectivity index (χ4v) is 2.41. The number of carbonyl (C=O) groups is 2. The molecule has 0 heterocycles. The van der Waals surface area contributed by atoms with Crippen molar-refractivity contribution in [1.82, 2.24) is 5.32 Å². The number of alkyl halides is 3. The van der Waals surface area contributed by atoms with Gasteiger partial charge in [-0.1, -0.05) is 42.5 Å². The molecular weight excluding hydrogens is 357 g/mol. The average Bonchev–Trinajstić information content (AvgIpc) is 2.62. The minimum Gasteiger partial charge on any atom is -0.355 e. The van der Waals surface area contributed by atoms with Gasteiger partial charge in [0.15, 0.2) is 0 Å². The molecule has 0 unspecified atom stereocenters. The topological polar surface area (TPSA) is 58.2 Å². The van der Waals surface area contributed by atoms with Gasteiger partial charge >= 0.3 is 6.18 Å². The van der Waals surface area contributed by atoms with E-state index in [1.807, 2.05) is 30.3 Å². The van der Waals surface area contributed by atoms with Gasteiger partial charge in [-0.25, -0.2) is 0 Å². The molecule has 27 heavy (non-hydrogen) atoms. The minimum atomic E-state index is -4.61. The molecule has 0 spiro atoms. The van der Waals surface area contributed by atoms with Crippen LogP contribution in [0.25, 0.3) is 0 Å². The quantitative estimate of drug-likeness (QED) is 0.746. The van der Waals surface area contributed by atoms with E-state index in [9.17, 15) is 22.8 Å². The third kappa shape index (κ3) is 5.32. The largest absolute Gasteiger partial charge is 0.418 e. The summed E-state index contributed by atoms with van der Waals surface area (Å²) in [5.41, 5.74) is -1.84. The van der Waals surface area contributed by atoms with E-state index in [0.717, 1.165) is 17.7 Å². The van der Waals surface area contributed by atoms with E-state index in [1.54, 1.807) is 0 Å².